The molecule has 1 N–H and O–H groups in total. The van der Waals surface area contributed by atoms with Crippen molar-refractivity contribution in [3.05, 3.63) is 53.2 Å². The molecule has 0 amide bonds. The van der Waals surface area contributed by atoms with Crippen molar-refractivity contribution in [2.24, 2.45) is 0 Å². The van der Waals surface area contributed by atoms with E-state index in [0.717, 1.165) is 0 Å². The number of hydrogen-bond donors (Lipinski definition) is 1. The number of carboxylic acids is 1. The Morgan fingerprint density at radius 1 is 1.42 bits per heavy atom. The minimum atomic E-state index is -1.03. The van der Waals surface area contributed by atoms with E-state index in [-0.39, 0.29) is 11.4 Å². The van der Waals surface area contributed by atoms with E-state index in [1.165, 1.54) is 12.1 Å². The first kappa shape index (κ1) is 13.1. The van der Waals surface area contributed by atoms with E-state index in [1.54, 1.807) is 37.1 Å². The Morgan fingerprint density at radius 2 is 2.11 bits per heavy atom. The van der Waals surface area contributed by atoms with Crippen LogP contribution in [-0.2, 0) is 6.54 Å². The molecule has 0 saturated carbocycles. The van der Waals surface area contributed by atoms with Gasteiger partial charge in [0.05, 0.1) is 12.2 Å². The average Bonchev–Trinajstić information content (AvgIpc) is 2.70. The molecule has 0 atom stereocenters. The third-order valence-electron chi connectivity index (χ3n) is 2.86. The molecule has 1 aromatic carbocycles. The van der Waals surface area contributed by atoms with Crippen LogP contribution in [0.15, 0.2) is 34.7 Å². The van der Waals surface area contributed by atoms with Crippen LogP contribution in [0.4, 0.5) is 10.1 Å². The standard InChI is InChI=1S/C14H14FNO3/c1-9-11(14(17)18)7-10(19-9)8-16(2)13-6-4-3-5-12(13)15/h3-7H,8H2,1-2H3,(H,17,18). The maximum Gasteiger partial charge on any atom is 0.339 e. The predicted octanol–water partition coefficient (Wildman–Crippen LogP) is 3.06. The number of rotatable bonds is 4. The van der Waals surface area contributed by atoms with Crippen molar-refractivity contribution in [3.8, 4) is 0 Å². The zero-order valence-corrected chi connectivity index (χ0v) is 10.7. The Bertz CT molecular complexity index is 606. The van der Waals surface area contributed by atoms with Gasteiger partial charge in [-0.05, 0) is 25.1 Å². The third kappa shape index (κ3) is 2.76. The van der Waals surface area contributed by atoms with Gasteiger partial charge in [0.15, 0.2) is 0 Å². The van der Waals surface area contributed by atoms with Gasteiger partial charge in [0, 0.05) is 7.05 Å². The molecular formula is C14H14FNO3. The number of carboxylic acid groups (broad SMARTS) is 1. The van der Waals surface area contributed by atoms with Crippen molar-refractivity contribution in [1.82, 2.24) is 0 Å². The second kappa shape index (κ2) is 5.14. The first-order chi connectivity index (χ1) is 8.99. The van der Waals surface area contributed by atoms with Gasteiger partial charge in [0.1, 0.15) is 22.9 Å². The number of halogens is 1. The minimum absolute atomic E-state index is 0.136. The van der Waals surface area contributed by atoms with Gasteiger partial charge in [-0.2, -0.15) is 0 Å². The lowest BCUT2D eigenvalue weighted by Gasteiger charge is -2.18. The van der Waals surface area contributed by atoms with E-state index < -0.39 is 5.97 Å². The number of anilines is 1. The largest absolute Gasteiger partial charge is 0.478 e. The SMILES string of the molecule is Cc1oc(CN(C)c2ccccc2F)cc1C(=O)O. The summed E-state index contributed by atoms with van der Waals surface area (Å²) in [5.41, 5.74) is 0.574. The van der Waals surface area contributed by atoms with Crippen LogP contribution in [0.3, 0.4) is 0 Å². The quantitative estimate of drug-likeness (QED) is 0.921. The summed E-state index contributed by atoms with van der Waals surface area (Å²) in [7, 11) is 1.72. The van der Waals surface area contributed by atoms with Crippen LogP contribution in [0.25, 0.3) is 0 Å². The molecule has 4 nitrogen and oxygen atoms in total. The Labute approximate surface area is 110 Å². The van der Waals surface area contributed by atoms with E-state index >= 15 is 0 Å². The van der Waals surface area contributed by atoms with Gasteiger partial charge in [-0.25, -0.2) is 9.18 Å². The second-order valence-corrected chi connectivity index (χ2v) is 4.30. The molecule has 1 aromatic heterocycles. The highest BCUT2D eigenvalue weighted by Crippen LogP contribution is 2.21. The molecule has 0 saturated heterocycles. The van der Waals surface area contributed by atoms with Crippen molar-refractivity contribution in [1.29, 1.82) is 0 Å². The third-order valence-corrected chi connectivity index (χ3v) is 2.86. The maximum atomic E-state index is 13.6. The molecule has 0 radical (unpaired) electrons. The number of hydrogen-bond acceptors (Lipinski definition) is 3. The van der Waals surface area contributed by atoms with Crippen molar-refractivity contribution in [2.45, 2.75) is 13.5 Å². The van der Waals surface area contributed by atoms with Crippen LogP contribution >= 0.6 is 0 Å². The van der Waals surface area contributed by atoms with Crippen LogP contribution in [0.1, 0.15) is 21.9 Å². The first-order valence-electron chi connectivity index (χ1n) is 5.77. The molecule has 5 heteroatoms. The van der Waals surface area contributed by atoms with Gasteiger partial charge in [0.25, 0.3) is 0 Å². The summed E-state index contributed by atoms with van der Waals surface area (Å²) >= 11 is 0. The van der Waals surface area contributed by atoms with Crippen LogP contribution in [-0.4, -0.2) is 18.1 Å². The fraction of sp³-hybridized carbons (Fsp3) is 0.214. The van der Waals surface area contributed by atoms with Gasteiger partial charge in [0.2, 0.25) is 0 Å². The van der Waals surface area contributed by atoms with E-state index in [9.17, 15) is 9.18 Å². The number of furan rings is 1. The molecule has 2 aromatic rings. The highest BCUT2D eigenvalue weighted by atomic mass is 19.1. The highest BCUT2D eigenvalue weighted by molar-refractivity contribution is 5.88. The van der Waals surface area contributed by atoms with Crippen LogP contribution in [0.5, 0.6) is 0 Å². The Balaban J connectivity index is 2.20. The van der Waals surface area contributed by atoms with Crippen molar-refractivity contribution >= 4 is 11.7 Å². The fourth-order valence-corrected chi connectivity index (χ4v) is 1.91. The number of carbonyl (C=O) groups is 1. The second-order valence-electron chi connectivity index (χ2n) is 4.30. The van der Waals surface area contributed by atoms with E-state index in [1.807, 2.05) is 0 Å². The summed E-state index contributed by atoms with van der Waals surface area (Å²) in [6, 6.07) is 7.86. The van der Waals surface area contributed by atoms with E-state index in [4.69, 9.17) is 9.52 Å². The smallest absolute Gasteiger partial charge is 0.339 e. The average molecular weight is 263 g/mol. The molecule has 19 heavy (non-hydrogen) atoms. The van der Waals surface area contributed by atoms with Crippen LogP contribution < -0.4 is 4.90 Å². The molecule has 1 heterocycles. The molecule has 0 aliphatic carbocycles. The molecule has 0 spiro atoms. The summed E-state index contributed by atoms with van der Waals surface area (Å²) in [6.07, 6.45) is 0. The molecule has 2 rings (SSSR count). The molecule has 0 aliphatic heterocycles. The van der Waals surface area contributed by atoms with Gasteiger partial charge in [-0.1, -0.05) is 12.1 Å². The van der Waals surface area contributed by atoms with Crippen molar-refractivity contribution in [3.63, 3.8) is 0 Å². The monoisotopic (exact) mass is 263 g/mol. The summed E-state index contributed by atoms with van der Waals surface area (Å²) < 4.78 is 19.0. The Kier molecular flexibility index (Phi) is 3.55. The number of aryl methyl sites for hydroxylation is 1. The molecule has 0 aliphatic rings. The van der Waals surface area contributed by atoms with Crippen molar-refractivity contribution in [2.75, 3.05) is 11.9 Å². The van der Waals surface area contributed by atoms with Gasteiger partial charge < -0.3 is 14.4 Å². The molecule has 100 valence electrons. The Hall–Kier alpha value is -2.30. The van der Waals surface area contributed by atoms with Gasteiger partial charge >= 0.3 is 5.97 Å². The lowest BCUT2D eigenvalue weighted by Crippen LogP contribution is -2.17. The molecule has 0 unspecified atom stereocenters. The zero-order chi connectivity index (χ0) is 14.0. The molecular weight excluding hydrogens is 249 g/mol. The predicted molar refractivity (Wildman–Crippen MR) is 68.9 cm³/mol. The first-order valence-corrected chi connectivity index (χ1v) is 5.77. The zero-order valence-electron chi connectivity index (χ0n) is 10.7. The number of benzene rings is 1. The van der Waals surface area contributed by atoms with Crippen LogP contribution in [0.2, 0.25) is 0 Å². The summed E-state index contributed by atoms with van der Waals surface area (Å²) in [5.74, 6) is -0.516. The maximum absolute atomic E-state index is 13.6. The minimum Gasteiger partial charge on any atom is -0.478 e. The summed E-state index contributed by atoms with van der Waals surface area (Å²) in [5, 5.41) is 8.94. The van der Waals surface area contributed by atoms with Crippen LogP contribution in [0, 0.1) is 12.7 Å². The summed E-state index contributed by atoms with van der Waals surface area (Å²) in [6.45, 7) is 1.89. The van der Waals surface area contributed by atoms with Gasteiger partial charge in [-0.15, -0.1) is 0 Å². The lowest BCUT2D eigenvalue weighted by molar-refractivity contribution is 0.0695. The lowest BCUT2D eigenvalue weighted by atomic mass is 10.2. The fourth-order valence-electron chi connectivity index (χ4n) is 1.91. The highest BCUT2D eigenvalue weighted by Gasteiger charge is 2.15. The van der Waals surface area contributed by atoms with Gasteiger partial charge in [-0.3, -0.25) is 0 Å². The topological polar surface area (TPSA) is 53.7 Å². The number of para-hydroxylation sites is 1. The summed E-state index contributed by atoms with van der Waals surface area (Å²) in [4.78, 5) is 12.6. The number of aromatic carboxylic acids is 1. The number of nitrogens with zero attached hydrogens (tertiary/aromatic N) is 1. The van der Waals surface area contributed by atoms with E-state index in [0.29, 0.717) is 23.8 Å². The Morgan fingerprint density at radius 3 is 2.68 bits per heavy atom. The van der Waals surface area contributed by atoms with E-state index in [2.05, 4.69) is 0 Å². The normalized spacial score (nSPS) is 10.5. The molecule has 0 fully saturated rings. The molecule has 0 bridgehead atoms. The van der Waals surface area contributed by atoms with Crippen molar-refractivity contribution < 1.29 is 18.7 Å².